The summed E-state index contributed by atoms with van der Waals surface area (Å²) >= 11 is 0. The van der Waals surface area contributed by atoms with Gasteiger partial charge in [-0.05, 0) is 30.2 Å². The Kier molecular flexibility index (Phi) is 5.51. The highest BCUT2D eigenvalue weighted by atomic mass is 16.5. The Balaban J connectivity index is 2.12. The Morgan fingerprint density at radius 1 is 1.22 bits per heavy atom. The van der Waals surface area contributed by atoms with Gasteiger partial charge in [0.05, 0.1) is 7.11 Å². The normalized spacial score (nSPS) is 10.4. The van der Waals surface area contributed by atoms with E-state index in [9.17, 15) is 9.59 Å². The molecule has 0 saturated heterocycles. The predicted molar refractivity (Wildman–Crippen MR) is 87.6 cm³/mol. The summed E-state index contributed by atoms with van der Waals surface area (Å²) in [5.41, 5.74) is 1.07. The topological polar surface area (TPSA) is 64.4 Å². The third kappa shape index (κ3) is 4.18. The van der Waals surface area contributed by atoms with E-state index < -0.39 is 0 Å². The molecule has 0 radical (unpaired) electrons. The summed E-state index contributed by atoms with van der Waals surface area (Å²) < 4.78 is 6.44. The van der Waals surface area contributed by atoms with E-state index in [-0.39, 0.29) is 17.2 Å². The van der Waals surface area contributed by atoms with Crippen LogP contribution >= 0.6 is 0 Å². The zero-order valence-electron chi connectivity index (χ0n) is 13.7. The van der Waals surface area contributed by atoms with E-state index in [0.717, 1.165) is 17.7 Å². The molecule has 0 bridgehead atoms. The number of aromatic nitrogens is 2. The largest absolute Gasteiger partial charge is 0.497 e. The van der Waals surface area contributed by atoms with Crippen molar-refractivity contribution in [1.82, 2.24) is 14.7 Å². The molecule has 122 valence electrons. The van der Waals surface area contributed by atoms with Crippen molar-refractivity contribution in [3.63, 3.8) is 0 Å². The fraction of sp³-hybridized carbons (Fsp3) is 0.353. The van der Waals surface area contributed by atoms with Crippen LogP contribution in [-0.2, 0) is 13.1 Å². The van der Waals surface area contributed by atoms with Gasteiger partial charge in [0.15, 0.2) is 0 Å². The molecule has 0 fully saturated rings. The van der Waals surface area contributed by atoms with Gasteiger partial charge in [0.1, 0.15) is 11.4 Å². The second kappa shape index (κ2) is 7.58. The Bertz CT molecular complexity index is 723. The van der Waals surface area contributed by atoms with Crippen molar-refractivity contribution in [1.29, 1.82) is 0 Å². The first-order chi connectivity index (χ1) is 11.0. The number of rotatable bonds is 6. The quantitative estimate of drug-likeness (QED) is 0.817. The average Bonchev–Trinajstić information content (AvgIpc) is 2.57. The number of carbonyl (C=O) groups is 1. The number of carbonyl (C=O) groups excluding carboxylic acids is 1. The molecule has 2 rings (SSSR count). The lowest BCUT2D eigenvalue weighted by Gasteiger charge is -2.17. The fourth-order valence-corrected chi connectivity index (χ4v) is 2.21. The lowest BCUT2D eigenvalue weighted by molar-refractivity contribution is 0.0776. The Morgan fingerprint density at radius 2 is 1.91 bits per heavy atom. The molecule has 0 aliphatic rings. The minimum atomic E-state index is -0.217. The van der Waals surface area contributed by atoms with Crippen molar-refractivity contribution in [3.05, 3.63) is 58.0 Å². The molecule has 2 aromatic rings. The first-order valence-corrected chi connectivity index (χ1v) is 7.51. The summed E-state index contributed by atoms with van der Waals surface area (Å²) in [6, 6.07) is 10.4. The molecule has 6 heteroatoms. The van der Waals surface area contributed by atoms with Gasteiger partial charge in [-0.15, -0.1) is 0 Å². The molecular formula is C17H21N3O3. The van der Waals surface area contributed by atoms with Gasteiger partial charge in [0, 0.05) is 26.2 Å². The molecule has 1 aromatic carbocycles. The third-order valence-electron chi connectivity index (χ3n) is 3.45. The molecule has 0 atom stereocenters. The zero-order valence-corrected chi connectivity index (χ0v) is 13.7. The summed E-state index contributed by atoms with van der Waals surface area (Å²) in [6.07, 6.45) is 0.784. The van der Waals surface area contributed by atoms with Crippen LogP contribution in [0.3, 0.4) is 0 Å². The highest BCUT2D eigenvalue weighted by Crippen LogP contribution is 2.13. The molecule has 0 aliphatic carbocycles. The van der Waals surface area contributed by atoms with Gasteiger partial charge in [0.2, 0.25) is 0 Å². The molecule has 1 aromatic heterocycles. The van der Waals surface area contributed by atoms with Gasteiger partial charge in [-0.1, -0.05) is 19.1 Å². The van der Waals surface area contributed by atoms with E-state index in [1.54, 1.807) is 19.1 Å². The van der Waals surface area contributed by atoms with Crippen molar-refractivity contribution in [2.24, 2.45) is 0 Å². The second-order valence-electron chi connectivity index (χ2n) is 5.29. The van der Waals surface area contributed by atoms with Crippen LogP contribution in [0.5, 0.6) is 5.75 Å². The molecule has 1 amide bonds. The molecule has 6 nitrogen and oxygen atoms in total. The Morgan fingerprint density at radius 3 is 2.52 bits per heavy atom. The number of hydrogen-bond acceptors (Lipinski definition) is 4. The van der Waals surface area contributed by atoms with Crippen LogP contribution in [0.25, 0.3) is 0 Å². The van der Waals surface area contributed by atoms with E-state index >= 15 is 0 Å². The average molecular weight is 315 g/mol. The number of ether oxygens (including phenoxy) is 1. The number of hydrogen-bond donors (Lipinski definition) is 0. The summed E-state index contributed by atoms with van der Waals surface area (Å²) in [6.45, 7) is 2.91. The molecule has 0 spiro atoms. The maximum absolute atomic E-state index is 12.5. The lowest BCUT2D eigenvalue weighted by atomic mass is 10.2. The van der Waals surface area contributed by atoms with Crippen molar-refractivity contribution >= 4 is 5.91 Å². The van der Waals surface area contributed by atoms with Gasteiger partial charge in [-0.25, -0.2) is 4.68 Å². The van der Waals surface area contributed by atoms with E-state index in [0.29, 0.717) is 13.1 Å². The van der Waals surface area contributed by atoms with Crippen LogP contribution in [0.2, 0.25) is 0 Å². The molecule has 0 N–H and O–H groups in total. The van der Waals surface area contributed by atoms with Gasteiger partial charge >= 0.3 is 0 Å². The summed E-state index contributed by atoms with van der Waals surface area (Å²) in [5.74, 6) is 0.557. The van der Waals surface area contributed by atoms with Crippen LogP contribution in [0.1, 0.15) is 29.4 Å². The standard InChI is InChI=1S/C17H21N3O3/c1-4-11-20-16(21)10-9-15(18-20)17(22)19(2)12-13-5-7-14(23-3)8-6-13/h5-10H,4,11-12H2,1-3H3. The lowest BCUT2D eigenvalue weighted by Crippen LogP contribution is -2.30. The molecule has 1 heterocycles. The monoisotopic (exact) mass is 315 g/mol. The highest BCUT2D eigenvalue weighted by Gasteiger charge is 2.15. The summed E-state index contributed by atoms with van der Waals surface area (Å²) in [7, 11) is 3.32. The SMILES string of the molecule is CCCn1nc(C(=O)N(C)Cc2ccc(OC)cc2)ccc1=O. The van der Waals surface area contributed by atoms with Crippen LogP contribution < -0.4 is 10.3 Å². The predicted octanol–water partition coefficient (Wildman–Crippen LogP) is 1.93. The van der Waals surface area contributed by atoms with E-state index in [4.69, 9.17) is 4.74 Å². The number of amides is 1. The third-order valence-corrected chi connectivity index (χ3v) is 3.45. The van der Waals surface area contributed by atoms with Crippen LogP contribution in [0.4, 0.5) is 0 Å². The maximum Gasteiger partial charge on any atom is 0.274 e. The van der Waals surface area contributed by atoms with Crippen molar-refractivity contribution in [2.75, 3.05) is 14.2 Å². The summed E-state index contributed by atoms with van der Waals surface area (Å²) in [5, 5.41) is 4.14. The number of aryl methyl sites for hydroxylation is 1. The smallest absolute Gasteiger partial charge is 0.274 e. The highest BCUT2D eigenvalue weighted by molar-refractivity contribution is 5.91. The van der Waals surface area contributed by atoms with Crippen LogP contribution in [0.15, 0.2) is 41.2 Å². The first-order valence-electron chi connectivity index (χ1n) is 7.51. The molecule has 23 heavy (non-hydrogen) atoms. The van der Waals surface area contributed by atoms with E-state index in [1.165, 1.54) is 16.8 Å². The molecule has 0 unspecified atom stereocenters. The molecule has 0 aliphatic heterocycles. The number of methoxy groups -OCH3 is 1. The minimum Gasteiger partial charge on any atom is -0.497 e. The first kappa shape index (κ1) is 16.7. The summed E-state index contributed by atoms with van der Waals surface area (Å²) in [4.78, 5) is 25.7. The van der Waals surface area contributed by atoms with Crippen molar-refractivity contribution in [2.45, 2.75) is 26.4 Å². The zero-order chi connectivity index (χ0) is 16.8. The van der Waals surface area contributed by atoms with Gasteiger partial charge in [-0.3, -0.25) is 9.59 Å². The Labute approximate surface area is 135 Å². The van der Waals surface area contributed by atoms with Crippen molar-refractivity contribution < 1.29 is 9.53 Å². The van der Waals surface area contributed by atoms with Crippen LogP contribution in [0, 0.1) is 0 Å². The van der Waals surface area contributed by atoms with Crippen LogP contribution in [-0.4, -0.2) is 34.7 Å². The van der Waals surface area contributed by atoms with Gasteiger partial charge in [0.25, 0.3) is 11.5 Å². The minimum absolute atomic E-state index is 0.193. The fourth-order valence-electron chi connectivity index (χ4n) is 2.21. The van der Waals surface area contributed by atoms with Gasteiger partial charge in [-0.2, -0.15) is 5.10 Å². The maximum atomic E-state index is 12.5. The second-order valence-corrected chi connectivity index (χ2v) is 5.29. The van der Waals surface area contributed by atoms with Gasteiger partial charge < -0.3 is 9.64 Å². The molecule has 0 saturated carbocycles. The molecular weight excluding hydrogens is 294 g/mol. The van der Waals surface area contributed by atoms with Crippen molar-refractivity contribution in [3.8, 4) is 5.75 Å². The van der Waals surface area contributed by atoms with E-state index in [1.807, 2.05) is 31.2 Å². The van der Waals surface area contributed by atoms with E-state index in [2.05, 4.69) is 5.10 Å². The number of nitrogens with zero attached hydrogens (tertiary/aromatic N) is 3. The number of benzene rings is 1. The Hall–Kier alpha value is -2.63.